The van der Waals surface area contributed by atoms with Crippen molar-refractivity contribution in [2.75, 3.05) is 24.0 Å². The molecule has 0 heterocycles. The normalized spacial score (nSPS) is 12.9. The van der Waals surface area contributed by atoms with Gasteiger partial charge in [-0.25, -0.2) is 0 Å². The summed E-state index contributed by atoms with van der Waals surface area (Å²) in [6, 6.07) is 0. The van der Waals surface area contributed by atoms with Crippen molar-refractivity contribution in [3.05, 3.63) is 0 Å². The molecule has 0 nitrogen and oxygen atoms in total. The number of hydrogen-bond acceptors (Lipinski definition) is 2. The van der Waals surface area contributed by atoms with E-state index in [4.69, 9.17) is 0 Å². The summed E-state index contributed by atoms with van der Waals surface area (Å²) < 4.78 is 0. The van der Waals surface area contributed by atoms with Crippen LogP contribution in [0.4, 0.5) is 0 Å². The zero-order valence-corrected chi connectivity index (χ0v) is 11.5. The summed E-state index contributed by atoms with van der Waals surface area (Å²) >= 11 is 3.98. The molecular weight excluding hydrogens is 196 g/mol. The molecule has 0 aromatic carbocycles. The Morgan fingerprint density at radius 1 is 0.846 bits per heavy atom. The van der Waals surface area contributed by atoms with Crippen molar-refractivity contribution in [3.8, 4) is 0 Å². The van der Waals surface area contributed by atoms with Gasteiger partial charge in [-0.1, -0.05) is 27.7 Å². The minimum absolute atomic E-state index is 0.527. The van der Waals surface area contributed by atoms with E-state index in [1.165, 1.54) is 11.5 Å². The van der Waals surface area contributed by atoms with Crippen molar-refractivity contribution in [1.82, 2.24) is 0 Å². The lowest BCUT2D eigenvalue weighted by Gasteiger charge is -2.40. The van der Waals surface area contributed by atoms with Crippen LogP contribution in [0.2, 0.25) is 0 Å². The summed E-state index contributed by atoms with van der Waals surface area (Å²) in [5, 5.41) is 0. The fraction of sp³-hybridized carbons (Fsp3) is 1.00. The summed E-state index contributed by atoms with van der Waals surface area (Å²) in [5.41, 5.74) is 0.527. The zero-order valence-electron chi connectivity index (χ0n) is 9.89. The number of hydrogen-bond donors (Lipinski definition) is 0. The van der Waals surface area contributed by atoms with Gasteiger partial charge >= 0.3 is 0 Å². The van der Waals surface area contributed by atoms with Crippen LogP contribution in [0.5, 0.6) is 0 Å². The Balaban J connectivity index is 4.59. The first-order valence-corrected chi connectivity index (χ1v) is 7.78. The third-order valence-corrected chi connectivity index (χ3v) is 4.78. The second-order valence-corrected chi connectivity index (χ2v) is 6.14. The van der Waals surface area contributed by atoms with E-state index in [0.29, 0.717) is 5.41 Å². The van der Waals surface area contributed by atoms with Crippen LogP contribution in [0.15, 0.2) is 0 Å². The number of thioether (sulfide) groups is 2. The van der Waals surface area contributed by atoms with Gasteiger partial charge in [0, 0.05) is 0 Å². The van der Waals surface area contributed by atoms with Crippen LogP contribution in [0.3, 0.4) is 0 Å². The minimum atomic E-state index is 0.527. The van der Waals surface area contributed by atoms with Crippen LogP contribution >= 0.6 is 23.5 Å². The van der Waals surface area contributed by atoms with Gasteiger partial charge in [0.05, 0.1) is 0 Å². The second kappa shape index (κ2) is 6.23. The molecule has 0 aliphatic rings. The standard InChI is InChI=1S/C11H24S2/c1-9(2)11(7-12-5,8-13-6)10(3)4/h9-10H,7-8H2,1-6H3. The highest BCUT2D eigenvalue weighted by molar-refractivity contribution is 7.99. The van der Waals surface area contributed by atoms with Crippen molar-refractivity contribution < 1.29 is 0 Å². The van der Waals surface area contributed by atoms with Gasteiger partial charge in [0.25, 0.3) is 0 Å². The van der Waals surface area contributed by atoms with Crippen LogP contribution in [0.25, 0.3) is 0 Å². The van der Waals surface area contributed by atoms with E-state index in [1.807, 2.05) is 23.5 Å². The molecule has 0 atom stereocenters. The van der Waals surface area contributed by atoms with Gasteiger partial charge in [0.15, 0.2) is 0 Å². The highest BCUT2D eigenvalue weighted by Crippen LogP contribution is 2.40. The molecule has 0 spiro atoms. The molecule has 80 valence electrons. The topological polar surface area (TPSA) is 0 Å². The van der Waals surface area contributed by atoms with Crippen LogP contribution in [0.1, 0.15) is 27.7 Å². The molecule has 0 rings (SSSR count). The molecule has 0 bridgehead atoms. The first-order chi connectivity index (χ1) is 6.01. The molecule has 0 radical (unpaired) electrons. The lowest BCUT2D eigenvalue weighted by Crippen LogP contribution is -2.38. The Bertz CT molecular complexity index is 114. The Kier molecular flexibility index (Phi) is 6.57. The molecule has 2 heteroatoms. The summed E-state index contributed by atoms with van der Waals surface area (Å²) in [4.78, 5) is 0. The first kappa shape index (κ1) is 13.7. The van der Waals surface area contributed by atoms with Crippen LogP contribution < -0.4 is 0 Å². The molecule has 0 saturated carbocycles. The van der Waals surface area contributed by atoms with Gasteiger partial charge in [0.1, 0.15) is 0 Å². The minimum Gasteiger partial charge on any atom is -0.165 e. The summed E-state index contributed by atoms with van der Waals surface area (Å²) in [7, 11) is 0. The van der Waals surface area contributed by atoms with Crippen molar-refractivity contribution in [2.24, 2.45) is 17.3 Å². The Morgan fingerprint density at radius 2 is 1.15 bits per heavy atom. The largest absolute Gasteiger partial charge is 0.165 e. The average molecular weight is 220 g/mol. The predicted octanol–water partition coefficient (Wildman–Crippen LogP) is 4.01. The lowest BCUT2D eigenvalue weighted by molar-refractivity contribution is 0.179. The second-order valence-electron chi connectivity index (χ2n) is 4.41. The van der Waals surface area contributed by atoms with Gasteiger partial charge in [-0.15, -0.1) is 0 Å². The van der Waals surface area contributed by atoms with Gasteiger partial charge < -0.3 is 0 Å². The van der Waals surface area contributed by atoms with Crippen molar-refractivity contribution >= 4 is 23.5 Å². The molecule has 0 aromatic heterocycles. The van der Waals surface area contributed by atoms with Crippen molar-refractivity contribution in [1.29, 1.82) is 0 Å². The molecule has 0 N–H and O–H groups in total. The predicted molar refractivity (Wildman–Crippen MR) is 68.9 cm³/mol. The van der Waals surface area contributed by atoms with E-state index in [2.05, 4.69) is 40.2 Å². The Morgan fingerprint density at radius 3 is 1.31 bits per heavy atom. The Labute approximate surface area is 92.6 Å². The average Bonchev–Trinajstić information content (AvgIpc) is 2.03. The maximum atomic E-state index is 2.37. The lowest BCUT2D eigenvalue weighted by atomic mass is 9.72. The SMILES string of the molecule is CSCC(CSC)(C(C)C)C(C)C. The van der Waals surface area contributed by atoms with Crippen molar-refractivity contribution in [2.45, 2.75) is 27.7 Å². The third kappa shape index (κ3) is 3.39. The van der Waals surface area contributed by atoms with E-state index in [9.17, 15) is 0 Å². The maximum absolute atomic E-state index is 2.37. The molecule has 0 fully saturated rings. The fourth-order valence-electron chi connectivity index (χ4n) is 1.91. The van der Waals surface area contributed by atoms with E-state index < -0.39 is 0 Å². The van der Waals surface area contributed by atoms with E-state index in [-0.39, 0.29) is 0 Å². The maximum Gasteiger partial charge on any atom is -0.0000768 e. The van der Waals surface area contributed by atoms with Gasteiger partial charge in [-0.05, 0) is 41.3 Å². The molecule has 0 aromatic rings. The van der Waals surface area contributed by atoms with Crippen LogP contribution in [0, 0.1) is 17.3 Å². The highest BCUT2D eigenvalue weighted by atomic mass is 32.2. The quantitative estimate of drug-likeness (QED) is 0.663. The molecular formula is C11H24S2. The van der Waals surface area contributed by atoms with Crippen molar-refractivity contribution in [3.63, 3.8) is 0 Å². The molecule has 0 amide bonds. The zero-order chi connectivity index (χ0) is 10.5. The summed E-state index contributed by atoms with van der Waals surface area (Å²) in [5.74, 6) is 4.16. The number of rotatable bonds is 6. The Hall–Kier alpha value is 0.700. The monoisotopic (exact) mass is 220 g/mol. The van der Waals surface area contributed by atoms with Gasteiger partial charge in [-0.3, -0.25) is 0 Å². The fourth-order valence-corrected chi connectivity index (χ4v) is 4.65. The van der Waals surface area contributed by atoms with Crippen LogP contribution in [-0.2, 0) is 0 Å². The van der Waals surface area contributed by atoms with Crippen LogP contribution in [-0.4, -0.2) is 24.0 Å². The van der Waals surface area contributed by atoms with Gasteiger partial charge in [-0.2, -0.15) is 23.5 Å². The smallest absolute Gasteiger partial charge is 0.0000768 e. The van der Waals surface area contributed by atoms with E-state index >= 15 is 0 Å². The molecule has 0 unspecified atom stereocenters. The molecule has 0 aliphatic carbocycles. The molecule has 0 aliphatic heterocycles. The highest BCUT2D eigenvalue weighted by Gasteiger charge is 2.35. The van der Waals surface area contributed by atoms with Gasteiger partial charge in [0.2, 0.25) is 0 Å². The molecule has 13 heavy (non-hydrogen) atoms. The summed E-state index contributed by atoms with van der Waals surface area (Å²) in [6.07, 6.45) is 4.44. The van der Waals surface area contributed by atoms with E-state index in [1.54, 1.807) is 0 Å². The summed E-state index contributed by atoms with van der Waals surface area (Å²) in [6.45, 7) is 9.47. The molecule has 0 saturated heterocycles. The third-order valence-electron chi connectivity index (χ3n) is 3.13. The first-order valence-electron chi connectivity index (χ1n) is 4.99. The van der Waals surface area contributed by atoms with E-state index in [0.717, 1.165) is 11.8 Å².